The van der Waals surface area contributed by atoms with E-state index in [0.29, 0.717) is 6.04 Å². The lowest BCUT2D eigenvalue weighted by molar-refractivity contribution is 0.0166. The minimum atomic E-state index is -0.143. The average Bonchev–Trinajstić information content (AvgIpc) is 2.59. The molecule has 0 N–H and O–H groups in total. The summed E-state index contributed by atoms with van der Waals surface area (Å²) in [6.45, 7) is 7.53. The smallest absolute Gasteiger partial charge is 0.123 e. The summed E-state index contributed by atoms with van der Waals surface area (Å²) < 4.78 is 18.4. The van der Waals surface area contributed by atoms with Gasteiger partial charge < -0.3 is 4.74 Å². The number of halogens is 1. The molecule has 2 heterocycles. The summed E-state index contributed by atoms with van der Waals surface area (Å²) in [5, 5.41) is 0. The number of morpholine rings is 1. The third-order valence-electron chi connectivity index (χ3n) is 5.15. The Morgan fingerprint density at radius 1 is 1.04 bits per heavy atom. The zero-order valence-corrected chi connectivity index (χ0v) is 14.1. The molecule has 1 aromatic carbocycles. The SMILES string of the molecule is Fc1ccc(CCCN2CCCC[C@H]2CN2CCOCC2)cc1. The largest absolute Gasteiger partial charge is 0.379 e. The first kappa shape index (κ1) is 16.9. The molecule has 0 radical (unpaired) electrons. The van der Waals surface area contributed by atoms with Crippen molar-refractivity contribution < 1.29 is 9.13 Å². The van der Waals surface area contributed by atoms with Crippen LogP contribution in [-0.4, -0.2) is 61.8 Å². The molecule has 0 amide bonds. The standard InChI is InChI=1S/C19H29FN2O/c20-18-8-6-17(7-9-18)4-3-11-22-10-2-1-5-19(22)16-21-12-14-23-15-13-21/h6-9,19H,1-5,10-16H2/t19-/m0/s1. The fourth-order valence-corrected chi connectivity index (χ4v) is 3.78. The predicted molar refractivity (Wildman–Crippen MR) is 91.2 cm³/mol. The van der Waals surface area contributed by atoms with Crippen LogP contribution in [-0.2, 0) is 11.2 Å². The molecule has 3 rings (SSSR count). The van der Waals surface area contributed by atoms with Gasteiger partial charge in [-0.3, -0.25) is 9.80 Å². The number of ether oxygens (including phenoxy) is 1. The van der Waals surface area contributed by atoms with Gasteiger partial charge in [-0.05, 0) is 56.5 Å². The van der Waals surface area contributed by atoms with Crippen molar-refractivity contribution in [2.45, 2.75) is 38.1 Å². The highest BCUT2D eigenvalue weighted by Gasteiger charge is 2.24. The number of rotatable bonds is 6. The lowest BCUT2D eigenvalue weighted by Gasteiger charge is -2.39. The van der Waals surface area contributed by atoms with Gasteiger partial charge in [0.25, 0.3) is 0 Å². The molecule has 1 aromatic rings. The zero-order chi connectivity index (χ0) is 15.9. The van der Waals surface area contributed by atoms with E-state index in [0.717, 1.165) is 45.7 Å². The Labute approximate surface area is 139 Å². The Morgan fingerprint density at radius 3 is 2.61 bits per heavy atom. The van der Waals surface area contributed by atoms with Crippen molar-refractivity contribution in [2.75, 3.05) is 45.9 Å². The Bertz CT molecular complexity index is 459. The summed E-state index contributed by atoms with van der Waals surface area (Å²) in [7, 11) is 0. The van der Waals surface area contributed by atoms with Gasteiger partial charge in [0.15, 0.2) is 0 Å². The van der Waals surface area contributed by atoms with E-state index in [4.69, 9.17) is 4.74 Å². The fraction of sp³-hybridized carbons (Fsp3) is 0.684. The molecule has 0 unspecified atom stereocenters. The zero-order valence-electron chi connectivity index (χ0n) is 14.1. The maximum Gasteiger partial charge on any atom is 0.123 e. The molecule has 0 aromatic heterocycles. The molecule has 128 valence electrons. The first-order valence-corrected chi connectivity index (χ1v) is 9.10. The lowest BCUT2D eigenvalue weighted by atomic mass is 10.0. The molecule has 2 aliphatic heterocycles. The summed E-state index contributed by atoms with van der Waals surface area (Å²) in [5.74, 6) is -0.143. The topological polar surface area (TPSA) is 15.7 Å². The Hall–Kier alpha value is -0.970. The third kappa shape index (κ3) is 5.27. The second-order valence-corrected chi connectivity index (χ2v) is 6.83. The fourth-order valence-electron chi connectivity index (χ4n) is 3.78. The number of benzene rings is 1. The first-order valence-electron chi connectivity index (χ1n) is 9.10. The number of aryl methyl sites for hydroxylation is 1. The van der Waals surface area contributed by atoms with E-state index >= 15 is 0 Å². The van der Waals surface area contributed by atoms with E-state index in [2.05, 4.69) is 9.80 Å². The molecule has 0 saturated carbocycles. The van der Waals surface area contributed by atoms with Crippen LogP contribution >= 0.6 is 0 Å². The monoisotopic (exact) mass is 320 g/mol. The second-order valence-electron chi connectivity index (χ2n) is 6.83. The highest BCUT2D eigenvalue weighted by atomic mass is 19.1. The van der Waals surface area contributed by atoms with Gasteiger partial charge in [0.05, 0.1) is 13.2 Å². The minimum Gasteiger partial charge on any atom is -0.379 e. The molecule has 1 atom stereocenters. The van der Waals surface area contributed by atoms with Crippen molar-refractivity contribution >= 4 is 0 Å². The van der Waals surface area contributed by atoms with Crippen LogP contribution in [0.5, 0.6) is 0 Å². The van der Waals surface area contributed by atoms with Gasteiger partial charge in [0, 0.05) is 25.7 Å². The van der Waals surface area contributed by atoms with Crippen molar-refractivity contribution in [3.63, 3.8) is 0 Å². The van der Waals surface area contributed by atoms with Crippen LogP contribution in [0.4, 0.5) is 4.39 Å². The summed E-state index contributed by atoms with van der Waals surface area (Å²) in [6.07, 6.45) is 6.22. The van der Waals surface area contributed by atoms with E-state index in [1.807, 2.05) is 12.1 Å². The molecule has 0 bridgehead atoms. The second kappa shape index (κ2) is 8.76. The molecule has 0 spiro atoms. The van der Waals surface area contributed by atoms with Crippen LogP contribution in [0.25, 0.3) is 0 Å². The van der Waals surface area contributed by atoms with Crippen LogP contribution in [0, 0.1) is 5.82 Å². The minimum absolute atomic E-state index is 0.143. The van der Waals surface area contributed by atoms with Crippen molar-refractivity contribution in [2.24, 2.45) is 0 Å². The number of hydrogen-bond donors (Lipinski definition) is 0. The highest BCUT2D eigenvalue weighted by Crippen LogP contribution is 2.19. The van der Waals surface area contributed by atoms with Gasteiger partial charge in [-0.25, -0.2) is 4.39 Å². The van der Waals surface area contributed by atoms with Crippen molar-refractivity contribution in [1.29, 1.82) is 0 Å². The lowest BCUT2D eigenvalue weighted by Crippen LogP contribution is -2.49. The molecule has 2 aliphatic rings. The van der Waals surface area contributed by atoms with Crippen molar-refractivity contribution in [1.82, 2.24) is 9.80 Å². The predicted octanol–water partition coefficient (Wildman–Crippen LogP) is 2.95. The molecule has 3 nitrogen and oxygen atoms in total. The van der Waals surface area contributed by atoms with Crippen LogP contribution in [0.3, 0.4) is 0 Å². The summed E-state index contributed by atoms with van der Waals surface area (Å²) in [5.41, 5.74) is 1.24. The first-order chi connectivity index (χ1) is 11.3. The molecule has 0 aliphatic carbocycles. The van der Waals surface area contributed by atoms with Gasteiger partial charge in [0.1, 0.15) is 5.82 Å². The summed E-state index contributed by atoms with van der Waals surface area (Å²) in [4.78, 5) is 5.24. The maximum atomic E-state index is 13.0. The van der Waals surface area contributed by atoms with Gasteiger partial charge in [-0.15, -0.1) is 0 Å². The van der Waals surface area contributed by atoms with E-state index < -0.39 is 0 Å². The average molecular weight is 320 g/mol. The van der Waals surface area contributed by atoms with Crippen LogP contribution in [0.1, 0.15) is 31.2 Å². The normalized spacial score (nSPS) is 24.0. The van der Waals surface area contributed by atoms with Crippen LogP contribution in [0.15, 0.2) is 24.3 Å². The maximum absolute atomic E-state index is 13.0. The van der Waals surface area contributed by atoms with Crippen LogP contribution < -0.4 is 0 Å². The highest BCUT2D eigenvalue weighted by molar-refractivity contribution is 5.16. The van der Waals surface area contributed by atoms with Crippen molar-refractivity contribution in [3.8, 4) is 0 Å². The van der Waals surface area contributed by atoms with Gasteiger partial charge >= 0.3 is 0 Å². The van der Waals surface area contributed by atoms with Gasteiger partial charge in [-0.2, -0.15) is 0 Å². The Kier molecular flexibility index (Phi) is 6.43. The number of likely N-dealkylation sites (tertiary alicyclic amines) is 1. The third-order valence-corrected chi connectivity index (χ3v) is 5.15. The summed E-state index contributed by atoms with van der Waals surface area (Å²) in [6, 6.07) is 7.66. The Balaban J connectivity index is 1.45. The molecule has 23 heavy (non-hydrogen) atoms. The number of hydrogen-bond acceptors (Lipinski definition) is 3. The number of piperidine rings is 1. The molecular formula is C19H29FN2O. The molecular weight excluding hydrogens is 291 g/mol. The van der Waals surface area contributed by atoms with Crippen molar-refractivity contribution in [3.05, 3.63) is 35.6 Å². The van der Waals surface area contributed by atoms with E-state index in [1.54, 1.807) is 12.1 Å². The quantitative estimate of drug-likeness (QED) is 0.801. The molecule has 2 fully saturated rings. The number of nitrogens with zero attached hydrogens (tertiary/aromatic N) is 2. The van der Waals surface area contributed by atoms with E-state index in [9.17, 15) is 4.39 Å². The molecule has 2 saturated heterocycles. The summed E-state index contributed by atoms with van der Waals surface area (Å²) >= 11 is 0. The Morgan fingerprint density at radius 2 is 1.83 bits per heavy atom. The van der Waals surface area contributed by atoms with Crippen LogP contribution in [0.2, 0.25) is 0 Å². The van der Waals surface area contributed by atoms with Gasteiger partial charge in [0.2, 0.25) is 0 Å². The molecule has 4 heteroatoms. The van der Waals surface area contributed by atoms with Gasteiger partial charge in [-0.1, -0.05) is 18.6 Å². The van der Waals surface area contributed by atoms with E-state index in [-0.39, 0.29) is 5.82 Å². The van der Waals surface area contributed by atoms with E-state index in [1.165, 1.54) is 37.9 Å².